The first-order valence-corrected chi connectivity index (χ1v) is 8.65. The largest absolute Gasteiger partial charge is 0.504 e. The van der Waals surface area contributed by atoms with Crippen LogP contribution in [0.3, 0.4) is 0 Å². The molecule has 0 amide bonds. The number of carbonyl (C=O) groups excluding carboxylic acids is 1. The van der Waals surface area contributed by atoms with Gasteiger partial charge in [0.15, 0.2) is 11.5 Å². The van der Waals surface area contributed by atoms with Crippen LogP contribution in [0.5, 0.6) is 17.2 Å². The number of hydrogen-bond acceptors (Lipinski definition) is 7. The zero-order valence-electron chi connectivity index (χ0n) is 15.0. The van der Waals surface area contributed by atoms with Crippen LogP contribution in [0.2, 0.25) is 0 Å². The number of fused-ring (bicyclic) bond motifs is 2. The molecular formula is C20H19NO6. The number of nitroso groups, excluding NO2 is 1. The van der Waals surface area contributed by atoms with Gasteiger partial charge in [-0.2, -0.15) is 0 Å². The predicted molar refractivity (Wildman–Crippen MR) is 96.6 cm³/mol. The van der Waals surface area contributed by atoms with Crippen LogP contribution < -0.4 is 9.47 Å². The van der Waals surface area contributed by atoms with Crippen molar-refractivity contribution in [2.75, 3.05) is 20.8 Å². The van der Waals surface area contributed by atoms with Crippen molar-refractivity contribution in [3.63, 3.8) is 0 Å². The van der Waals surface area contributed by atoms with Crippen LogP contribution in [0.4, 0.5) is 5.69 Å². The van der Waals surface area contributed by atoms with E-state index in [0.717, 1.165) is 16.7 Å². The molecule has 140 valence electrons. The molecule has 4 rings (SSSR count). The molecule has 1 N–H and O–H groups in total. The van der Waals surface area contributed by atoms with Gasteiger partial charge < -0.3 is 19.3 Å². The molecule has 1 fully saturated rings. The lowest BCUT2D eigenvalue weighted by Crippen LogP contribution is -2.31. The van der Waals surface area contributed by atoms with Crippen molar-refractivity contribution in [2.45, 2.75) is 12.3 Å². The monoisotopic (exact) mass is 369 g/mol. The van der Waals surface area contributed by atoms with E-state index in [1.165, 1.54) is 14.2 Å². The molecule has 7 heteroatoms. The summed E-state index contributed by atoms with van der Waals surface area (Å²) in [5.41, 5.74) is 2.94. The summed E-state index contributed by atoms with van der Waals surface area (Å²) >= 11 is 0. The third kappa shape index (κ3) is 2.70. The van der Waals surface area contributed by atoms with Crippen molar-refractivity contribution in [3.05, 3.63) is 51.9 Å². The molecule has 1 aliphatic carbocycles. The second-order valence-corrected chi connectivity index (χ2v) is 6.83. The molecule has 7 nitrogen and oxygen atoms in total. The molecule has 0 aromatic heterocycles. The number of benzene rings is 2. The maximum absolute atomic E-state index is 12.3. The molecule has 3 unspecified atom stereocenters. The summed E-state index contributed by atoms with van der Waals surface area (Å²) in [5, 5.41) is 13.0. The van der Waals surface area contributed by atoms with Crippen molar-refractivity contribution >= 4 is 11.7 Å². The van der Waals surface area contributed by atoms with Gasteiger partial charge in [-0.05, 0) is 52.6 Å². The van der Waals surface area contributed by atoms with Crippen LogP contribution >= 0.6 is 0 Å². The van der Waals surface area contributed by atoms with Crippen molar-refractivity contribution in [2.24, 2.45) is 17.0 Å². The van der Waals surface area contributed by atoms with Crippen LogP contribution in [-0.4, -0.2) is 31.9 Å². The van der Waals surface area contributed by atoms with Gasteiger partial charge in [-0.3, -0.25) is 4.79 Å². The maximum atomic E-state index is 12.3. The number of ether oxygens (including phenoxy) is 3. The molecule has 0 spiro atoms. The van der Waals surface area contributed by atoms with Crippen molar-refractivity contribution in [3.8, 4) is 17.2 Å². The Morgan fingerprint density at radius 3 is 2.63 bits per heavy atom. The molecule has 0 radical (unpaired) electrons. The van der Waals surface area contributed by atoms with Crippen LogP contribution in [0.25, 0.3) is 0 Å². The molecule has 0 saturated carbocycles. The second-order valence-electron chi connectivity index (χ2n) is 6.83. The lowest BCUT2D eigenvalue weighted by molar-refractivity contribution is -0.141. The Morgan fingerprint density at radius 2 is 1.93 bits per heavy atom. The summed E-state index contributed by atoms with van der Waals surface area (Å²) in [6.07, 6.45) is 0.528. The van der Waals surface area contributed by atoms with Gasteiger partial charge in [0.25, 0.3) is 0 Å². The summed E-state index contributed by atoms with van der Waals surface area (Å²) in [6.45, 7) is 0.312. The minimum absolute atomic E-state index is 0.0394. The lowest BCUT2D eigenvalue weighted by atomic mass is 9.67. The summed E-state index contributed by atoms with van der Waals surface area (Å²) in [6, 6.07) is 8.63. The van der Waals surface area contributed by atoms with Gasteiger partial charge in [0.2, 0.25) is 0 Å². The lowest BCUT2D eigenvalue weighted by Gasteiger charge is -2.34. The first-order chi connectivity index (χ1) is 13.1. The number of esters is 1. The number of phenolic OH excluding ortho intramolecular Hbond substituents is 1. The van der Waals surface area contributed by atoms with E-state index in [2.05, 4.69) is 5.18 Å². The zero-order valence-corrected chi connectivity index (χ0v) is 15.0. The van der Waals surface area contributed by atoms with Gasteiger partial charge in [0, 0.05) is 11.8 Å². The number of hydrogen-bond donors (Lipinski definition) is 1. The number of rotatable bonds is 4. The second kappa shape index (κ2) is 6.57. The van der Waals surface area contributed by atoms with Gasteiger partial charge in [-0.25, -0.2) is 0 Å². The number of nitrogens with zero attached hydrogens (tertiary/aromatic N) is 1. The number of methoxy groups -OCH3 is 2. The first-order valence-electron chi connectivity index (χ1n) is 8.65. The van der Waals surface area contributed by atoms with Gasteiger partial charge in [-0.1, -0.05) is 6.07 Å². The third-order valence-corrected chi connectivity index (χ3v) is 5.54. The maximum Gasteiger partial charge on any atom is 0.309 e. The molecule has 0 bridgehead atoms. The summed E-state index contributed by atoms with van der Waals surface area (Å²) < 4.78 is 15.9. The minimum atomic E-state index is -0.262. The predicted octanol–water partition coefficient (Wildman–Crippen LogP) is 3.28. The summed E-state index contributed by atoms with van der Waals surface area (Å²) in [4.78, 5) is 23.5. The fourth-order valence-electron chi connectivity index (χ4n) is 4.25. The molecule has 1 saturated heterocycles. The highest BCUT2D eigenvalue weighted by atomic mass is 16.5. The Bertz CT molecular complexity index is 925. The third-order valence-electron chi connectivity index (χ3n) is 5.54. The van der Waals surface area contributed by atoms with Crippen LogP contribution in [-0.2, 0) is 16.0 Å². The molecule has 1 aliphatic heterocycles. The molecule has 1 heterocycles. The van der Waals surface area contributed by atoms with Crippen LogP contribution in [0, 0.1) is 16.7 Å². The number of cyclic esters (lactones) is 1. The van der Waals surface area contributed by atoms with Gasteiger partial charge >= 0.3 is 5.97 Å². The minimum Gasteiger partial charge on any atom is -0.504 e. The number of phenols is 1. The van der Waals surface area contributed by atoms with Crippen molar-refractivity contribution < 1.29 is 24.1 Å². The van der Waals surface area contributed by atoms with Gasteiger partial charge in [-0.15, -0.1) is 4.91 Å². The highest BCUT2D eigenvalue weighted by Gasteiger charge is 2.47. The highest BCUT2D eigenvalue weighted by Crippen LogP contribution is 2.50. The summed E-state index contributed by atoms with van der Waals surface area (Å²) in [5.74, 6) is 0.0510. The van der Waals surface area contributed by atoms with E-state index in [4.69, 9.17) is 14.2 Å². The van der Waals surface area contributed by atoms with Crippen LogP contribution in [0.15, 0.2) is 35.5 Å². The molecular weight excluding hydrogens is 350 g/mol. The molecule has 2 aromatic carbocycles. The van der Waals surface area contributed by atoms with Crippen molar-refractivity contribution in [1.82, 2.24) is 0 Å². The number of aromatic hydroxyl groups is 1. The fraction of sp³-hybridized carbons (Fsp3) is 0.350. The Balaban J connectivity index is 1.91. The highest BCUT2D eigenvalue weighted by molar-refractivity contribution is 5.77. The molecule has 2 aromatic rings. The fourth-order valence-corrected chi connectivity index (χ4v) is 4.25. The molecule has 2 aliphatic rings. The van der Waals surface area contributed by atoms with Gasteiger partial charge in [0.1, 0.15) is 11.4 Å². The smallest absolute Gasteiger partial charge is 0.309 e. The normalized spacial score (nSPS) is 23.2. The van der Waals surface area contributed by atoms with E-state index in [1.54, 1.807) is 30.3 Å². The average Bonchev–Trinajstić information content (AvgIpc) is 3.06. The topological polar surface area (TPSA) is 94.4 Å². The Labute approximate surface area is 155 Å². The average molecular weight is 369 g/mol. The molecule has 3 atom stereocenters. The van der Waals surface area contributed by atoms with Gasteiger partial charge in [0.05, 0.1) is 26.7 Å². The van der Waals surface area contributed by atoms with E-state index in [9.17, 15) is 14.8 Å². The Kier molecular flexibility index (Phi) is 4.22. The standard InChI is InChI=1S/C20H19NO6/c1-25-17-7-11-5-13-14(9-27-20(13)23)19(12(11)8-15(17)21-24)10-3-4-16(22)18(6-10)26-2/h3-4,6-8,13-14,19,22H,5,9H2,1-2H3. The van der Waals surface area contributed by atoms with Crippen LogP contribution in [0.1, 0.15) is 22.6 Å². The van der Waals surface area contributed by atoms with E-state index >= 15 is 0 Å². The first kappa shape index (κ1) is 17.3. The Morgan fingerprint density at radius 1 is 1.15 bits per heavy atom. The van der Waals surface area contributed by atoms with E-state index < -0.39 is 0 Å². The Hall–Kier alpha value is -3.09. The SMILES string of the molecule is COc1cc(C2c3cc(N=O)c(OC)cc3CC3C(=O)OCC32)ccc1O. The van der Waals surface area contributed by atoms with E-state index in [0.29, 0.717) is 24.5 Å². The zero-order chi connectivity index (χ0) is 19.1. The quantitative estimate of drug-likeness (QED) is 0.656. The van der Waals surface area contributed by atoms with E-state index in [-0.39, 0.29) is 35.2 Å². The number of carbonyl (C=O) groups is 1. The summed E-state index contributed by atoms with van der Waals surface area (Å²) in [7, 11) is 2.96. The molecule has 27 heavy (non-hydrogen) atoms. The van der Waals surface area contributed by atoms with Crippen molar-refractivity contribution in [1.29, 1.82) is 0 Å². The van der Waals surface area contributed by atoms with E-state index in [1.807, 2.05) is 0 Å².